The molecule has 15 heteroatoms. The molecule has 8 N–H and O–H groups in total. The van der Waals surface area contributed by atoms with Gasteiger partial charge >= 0.3 is 11.9 Å². The average molecular weight is 505 g/mol. The number of carboxylic acid groups (broad SMARTS) is 2. The first kappa shape index (κ1) is 28.3. The Morgan fingerprint density at radius 2 is 1.70 bits per heavy atom. The second kappa shape index (κ2) is 14.4. The van der Waals surface area contributed by atoms with Crippen LogP contribution in [-0.4, -0.2) is 91.8 Å². The van der Waals surface area contributed by atoms with Crippen LogP contribution in [0.15, 0.2) is 12.5 Å². The molecule has 1 aromatic heterocycles. The minimum Gasteiger partial charge on any atom is -0.481 e. The van der Waals surface area contributed by atoms with Gasteiger partial charge in [-0.05, 0) is 18.4 Å². The zero-order valence-electron chi connectivity index (χ0n) is 17.8. The number of nitrogens with two attached hydrogens (primary N) is 1. The molecular formula is C18H28N6O7S2. The third kappa shape index (κ3) is 10.1. The lowest BCUT2D eigenvalue weighted by Gasteiger charge is -2.24. The third-order valence-corrected chi connectivity index (χ3v) is 5.39. The molecule has 33 heavy (non-hydrogen) atoms. The van der Waals surface area contributed by atoms with E-state index in [0.717, 1.165) is 0 Å². The van der Waals surface area contributed by atoms with Crippen molar-refractivity contribution in [2.45, 2.75) is 43.4 Å². The summed E-state index contributed by atoms with van der Waals surface area (Å²) in [7, 11) is 0. The number of H-pyrrole nitrogens is 1. The number of imidazole rings is 1. The molecule has 1 heterocycles. The molecule has 0 saturated heterocycles. The van der Waals surface area contributed by atoms with Crippen molar-refractivity contribution in [3.63, 3.8) is 0 Å². The van der Waals surface area contributed by atoms with E-state index in [9.17, 15) is 24.0 Å². The number of aliphatic carboxylic acids is 2. The van der Waals surface area contributed by atoms with Crippen molar-refractivity contribution in [1.29, 1.82) is 0 Å². The van der Waals surface area contributed by atoms with Crippen molar-refractivity contribution in [3.05, 3.63) is 18.2 Å². The molecule has 0 fully saturated rings. The number of hydrogen-bond acceptors (Lipinski definition) is 9. The van der Waals surface area contributed by atoms with Gasteiger partial charge in [0.1, 0.15) is 18.1 Å². The molecule has 4 unspecified atom stereocenters. The number of carbonyl (C=O) groups excluding carboxylic acids is 3. The lowest BCUT2D eigenvalue weighted by molar-refractivity contribution is -0.147. The first-order chi connectivity index (χ1) is 15.6. The molecule has 1 aromatic rings. The Kier molecular flexibility index (Phi) is 12.3. The molecule has 0 aliphatic rings. The molecule has 3 amide bonds. The number of nitrogens with zero attached hydrogens (tertiary/aromatic N) is 1. The van der Waals surface area contributed by atoms with Crippen LogP contribution in [0.4, 0.5) is 0 Å². The minimum atomic E-state index is -1.66. The van der Waals surface area contributed by atoms with Crippen molar-refractivity contribution in [2.24, 2.45) is 5.73 Å². The van der Waals surface area contributed by atoms with Crippen LogP contribution in [0.2, 0.25) is 0 Å². The topological polar surface area (TPSA) is 217 Å². The maximum Gasteiger partial charge on any atom is 0.326 e. The maximum absolute atomic E-state index is 12.7. The maximum atomic E-state index is 12.7. The van der Waals surface area contributed by atoms with E-state index >= 15 is 0 Å². The van der Waals surface area contributed by atoms with Gasteiger partial charge in [0, 0.05) is 24.1 Å². The molecule has 1 rings (SSSR count). The molecule has 0 radical (unpaired) electrons. The lowest BCUT2D eigenvalue weighted by atomic mass is 10.1. The van der Waals surface area contributed by atoms with Gasteiger partial charge < -0.3 is 36.9 Å². The summed E-state index contributed by atoms with van der Waals surface area (Å²) in [6.07, 6.45) is 4.21. The Bertz CT molecular complexity index is 823. The smallest absolute Gasteiger partial charge is 0.326 e. The summed E-state index contributed by atoms with van der Waals surface area (Å²) in [6, 6.07) is -4.90. The van der Waals surface area contributed by atoms with Crippen LogP contribution in [0.25, 0.3) is 0 Å². The van der Waals surface area contributed by atoms with E-state index in [1.807, 2.05) is 0 Å². The van der Waals surface area contributed by atoms with Crippen LogP contribution in [0.3, 0.4) is 0 Å². The highest BCUT2D eigenvalue weighted by molar-refractivity contribution is 7.98. The van der Waals surface area contributed by atoms with E-state index in [1.54, 1.807) is 6.26 Å². The highest BCUT2D eigenvalue weighted by Crippen LogP contribution is 2.05. The van der Waals surface area contributed by atoms with E-state index in [0.29, 0.717) is 11.4 Å². The largest absolute Gasteiger partial charge is 0.481 e. The zero-order chi connectivity index (χ0) is 25.0. The van der Waals surface area contributed by atoms with Gasteiger partial charge in [-0.3, -0.25) is 19.2 Å². The predicted molar refractivity (Wildman–Crippen MR) is 123 cm³/mol. The molecule has 0 aliphatic heterocycles. The summed E-state index contributed by atoms with van der Waals surface area (Å²) in [4.78, 5) is 66.4. The number of carbonyl (C=O) groups is 5. The molecular weight excluding hydrogens is 476 g/mol. The molecule has 0 bridgehead atoms. The number of thioether (sulfide) groups is 1. The second-order valence-electron chi connectivity index (χ2n) is 6.97. The van der Waals surface area contributed by atoms with Crippen molar-refractivity contribution in [1.82, 2.24) is 25.9 Å². The summed E-state index contributed by atoms with van der Waals surface area (Å²) in [5, 5.41) is 25.0. The summed E-state index contributed by atoms with van der Waals surface area (Å²) >= 11 is 5.46. The van der Waals surface area contributed by atoms with Crippen LogP contribution in [0, 0.1) is 0 Å². The fourth-order valence-corrected chi connectivity index (χ4v) is 3.35. The number of aromatic nitrogens is 2. The molecule has 0 saturated carbocycles. The Hall–Kier alpha value is -2.78. The number of carboxylic acids is 2. The van der Waals surface area contributed by atoms with Gasteiger partial charge in [-0.1, -0.05) is 0 Å². The minimum absolute atomic E-state index is 0.0953. The van der Waals surface area contributed by atoms with E-state index in [4.69, 9.17) is 15.9 Å². The fraction of sp³-hybridized carbons (Fsp3) is 0.556. The number of rotatable bonds is 15. The van der Waals surface area contributed by atoms with Crippen molar-refractivity contribution < 1.29 is 34.2 Å². The molecule has 0 spiro atoms. The molecule has 184 valence electrons. The normalized spacial score (nSPS) is 14.4. The van der Waals surface area contributed by atoms with E-state index in [2.05, 4.69) is 38.5 Å². The van der Waals surface area contributed by atoms with Crippen molar-refractivity contribution >= 4 is 54.1 Å². The highest BCUT2D eigenvalue weighted by atomic mass is 32.2. The lowest BCUT2D eigenvalue weighted by Crippen LogP contribution is -2.58. The van der Waals surface area contributed by atoms with Gasteiger partial charge in [0.05, 0.1) is 18.8 Å². The van der Waals surface area contributed by atoms with Gasteiger partial charge in [-0.2, -0.15) is 24.4 Å². The fourth-order valence-electron chi connectivity index (χ4n) is 2.62. The Morgan fingerprint density at radius 1 is 1.09 bits per heavy atom. The van der Waals surface area contributed by atoms with Crippen LogP contribution in [0.1, 0.15) is 18.5 Å². The van der Waals surface area contributed by atoms with Crippen molar-refractivity contribution in [3.8, 4) is 0 Å². The van der Waals surface area contributed by atoms with Gasteiger partial charge in [0.15, 0.2) is 0 Å². The quantitative estimate of drug-likeness (QED) is 0.123. The SMILES string of the molecule is CSCCC(NC(=O)C(CS)NC(=O)C(N)Cc1cnc[nH]1)C(=O)NC(CC(=O)O)C(=O)O. The number of amides is 3. The Balaban J connectivity index is 2.80. The third-order valence-electron chi connectivity index (χ3n) is 4.38. The predicted octanol–water partition coefficient (Wildman–Crippen LogP) is -2.02. The van der Waals surface area contributed by atoms with Gasteiger partial charge in [0.25, 0.3) is 0 Å². The second-order valence-corrected chi connectivity index (χ2v) is 8.32. The number of aromatic amines is 1. The first-order valence-corrected chi connectivity index (χ1v) is 11.8. The summed E-state index contributed by atoms with van der Waals surface area (Å²) in [5.41, 5.74) is 6.49. The number of nitrogens with one attached hydrogen (secondary N) is 4. The molecule has 13 nitrogen and oxygen atoms in total. The summed E-state index contributed by atoms with van der Waals surface area (Å²) < 4.78 is 0. The van der Waals surface area contributed by atoms with Crippen LogP contribution in [0.5, 0.6) is 0 Å². The van der Waals surface area contributed by atoms with E-state index < -0.39 is 60.2 Å². The van der Waals surface area contributed by atoms with E-state index in [-0.39, 0.29) is 18.6 Å². The zero-order valence-corrected chi connectivity index (χ0v) is 19.5. The average Bonchev–Trinajstić information content (AvgIpc) is 3.26. The molecule has 0 aromatic carbocycles. The van der Waals surface area contributed by atoms with E-state index in [1.165, 1.54) is 24.3 Å². The monoisotopic (exact) mass is 504 g/mol. The Morgan fingerprint density at radius 3 is 2.21 bits per heavy atom. The van der Waals surface area contributed by atoms with Crippen LogP contribution >= 0.6 is 24.4 Å². The first-order valence-electron chi connectivity index (χ1n) is 9.77. The van der Waals surface area contributed by atoms with Crippen LogP contribution < -0.4 is 21.7 Å². The summed E-state index contributed by atoms with van der Waals surface area (Å²) in [5.74, 6) is -4.77. The molecule has 4 atom stereocenters. The Labute approximate surface area is 199 Å². The van der Waals surface area contributed by atoms with Gasteiger partial charge in [0.2, 0.25) is 17.7 Å². The highest BCUT2D eigenvalue weighted by Gasteiger charge is 2.30. The van der Waals surface area contributed by atoms with Crippen LogP contribution in [-0.2, 0) is 30.4 Å². The summed E-state index contributed by atoms with van der Waals surface area (Å²) in [6.45, 7) is 0. The van der Waals surface area contributed by atoms with Crippen molar-refractivity contribution in [2.75, 3.05) is 17.8 Å². The van der Waals surface area contributed by atoms with Gasteiger partial charge in [-0.25, -0.2) is 9.78 Å². The van der Waals surface area contributed by atoms with Gasteiger partial charge in [-0.15, -0.1) is 0 Å². The standard InChI is InChI=1S/C18H28N6O7S2/c1-33-3-2-11(16(28)23-12(18(30)31)5-14(25)26)22-17(29)13(7-32)24-15(27)10(19)4-9-6-20-8-21-9/h6,8,10-13,32H,2-5,7,19H2,1H3,(H,20,21)(H,22,29)(H,23,28)(H,24,27)(H,25,26)(H,30,31). The number of thiol groups is 1. The molecule has 0 aliphatic carbocycles. The number of hydrogen-bond donors (Lipinski definition) is 8.